The van der Waals surface area contributed by atoms with Gasteiger partial charge < -0.3 is 10.2 Å². The highest BCUT2D eigenvalue weighted by Crippen LogP contribution is 2.34. The van der Waals surface area contributed by atoms with E-state index in [0.29, 0.717) is 39.2 Å². The Kier molecular flexibility index (Phi) is 9.04. The molecule has 0 spiro atoms. The van der Waals surface area contributed by atoms with E-state index in [0.717, 1.165) is 13.0 Å². The van der Waals surface area contributed by atoms with Gasteiger partial charge in [-0.1, -0.05) is 49.6 Å². The SMILES string of the molecule is CN(CCCNC(=O)c1ccc2c(c1)N(NCc1ccccc1F)C(=O)c1ccccc1S2=O)C1CCCCC1. The molecule has 40 heavy (non-hydrogen) atoms. The van der Waals surface area contributed by atoms with Crippen LogP contribution in [0.3, 0.4) is 0 Å². The smallest absolute Gasteiger partial charge is 0.273 e. The lowest BCUT2D eigenvalue weighted by Crippen LogP contribution is -2.43. The number of fused-ring (bicyclic) bond motifs is 2. The Labute approximate surface area is 237 Å². The van der Waals surface area contributed by atoms with Crippen LogP contribution in [-0.4, -0.2) is 47.1 Å². The second kappa shape index (κ2) is 12.8. The molecular formula is C31H35FN4O3S. The van der Waals surface area contributed by atoms with Crippen LogP contribution in [-0.2, 0) is 17.3 Å². The molecule has 3 aromatic carbocycles. The number of carbonyl (C=O) groups is 2. The van der Waals surface area contributed by atoms with Crippen LogP contribution in [0.2, 0.25) is 0 Å². The molecule has 0 bridgehead atoms. The third-order valence-electron chi connectivity index (χ3n) is 7.74. The summed E-state index contributed by atoms with van der Waals surface area (Å²) in [7, 11) is 0.504. The van der Waals surface area contributed by atoms with Crippen LogP contribution in [0.5, 0.6) is 0 Å². The van der Waals surface area contributed by atoms with Crippen molar-refractivity contribution in [3.63, 3.8) is 0 Å². The molecule has 1 aliphatic carbocycles. The summed E-state index contributed by atoms with van der Waals surface area (Å²) in [6, 6.07) is 18.5. The Morgan fingerprint density at radius 1 is 1.02 bits per heavy atom. The van der Waals surface area contributed by atoms with Gasteiger partial charge in [0, 0.05) is 30.3 Å². The minimum absolute atomic E-state index is 0.0254. The number of carbonyl (C=O) groups excluding carboxylic acids is 2. The first-order valence-electron chi connectivity index (χ1n) is 13.9. The molecule has 1 aliphatic heterocycles. The van der Waals surface area contributed by atoms with Crippen molar-refractivity contribution < 1.29 is 18.2 Å². The lowest BCUT2D eigenvalue weighted by molar-refractivity contribution is 0.0945. The van der Waals surface area contributed by atoms with E-state index >= 15 is 0 Å². The normalized spacial score (nSPS) is 17.3. The lowest BCUT2D eigenvalue weighted by Gasteiger charge is -2.31. The van der Waals surface area contributed by atoms with Crippen molar-refractivity contribution in [3.8, 4) is 0 Å². The summed E-state index contributed by atoms with van der Waals surface area (Å²) in [6.07, 6.45) is 7.20. The molecule has 3 aromatic rings. The topological polar surface area (TPSA) is 81.8 Å². The Morgan fingerprint density at radius 2 is 1.77 bits per heavy atom. The number of rotatable bonds is 9. The highest BCUT2D eigenvalue weighted by atomic mass is 32.2. The first kappa shape index (κ1) is 28.1. The molecular weight excluding hydrogens is 527 g/mol. The molecule has 210 valence electrons. The molecule has 1 saturated carbocycles. The molecule has 1 heterocycles. The van der Waals surface area contributed by atoms with E-state index in [9.17, 15) is 18.2 Å². The number of halogens is 1. The molecule has 1 unspecified atom stereocenters. The summed E-state index contributed by atoms with van der Waals surface area (Å²) < 4.78 is 27.9. The van der Waals surface area contributed by atoms with Crippen LogP contribution in [0.1, 0.15) is 64.8 Å². The first-order valence-corrected chi connectivity index (χ1v) is 15.0. The van der Waals surface area contributed by atoms with E-state index in [-0.39, 0.29) is 18.0 Å². The number of nitrogens with zero attached hydrogens (tertiary/aromatic N) is 2. The first-order chi connectivity index (χ1) is 19.4. The Morgan fingerprint density at radius 3 is 2.58 bits per heavy atom. The second-order valence-electron chi connectivity index (χ2n) is 10.4. The van der Waals surface area contributed by atoms with Crippen molar-refractivity contribution in [2.45, 2.75) is 60.9 Å². The molecule has 0 aromatic heterocycles. The summed E-state index contributed by atoms with van der Waals surface area (Å²) in [5.74, 6) is -1.09. The number of benzene rings is 3. The molecule has 7 nitrogen and oxygen atoms in total. The Hall–Kier alpha value is -3.40. The number of nitrogens with one attached hydrogen (secondary N) is 2. The predicted octanol–water partition coefficient (Wildman–Crippen LogP) is 5.04. The zero-order valence-corrected chi connectivity index (χ0v) is 23.5. The summed E-state index contributed by atoms with van der Waals surface area (Å²) in [6.45, 7) is 1.46. The third kappa shape index (κ3) is 6.16. The maximum atomic E-state index is 14.3. The second-order valence-corrected chi connectivity index (χ2v) is 11.8. The molecule has 2 amide bonds. The van der Waals surface area contributed by atoms with Gasteiger partial charge >= 0.3 is 0 Å². The number of hydrazine groups is 1. The van der Waals surface area contributed by atoms with Crippen molar-refractivity contribution in [1.29, 1.82) is 0 Å². The van der Waals surface area contributed by atoms with Gasteiger partial charge in [-0.3, -0.25) is 9.59 Å². The summed E-state index contributed by atoms with van der Waals surface area (Å²) in [5.41, 5.74) is 4.34. The predicted molar refractivity (Wildman–Crippen MR) is 154 cm³/mol. The fourth-order valence-corrected chi connectivity index (χ4v) is 6.77. The number of anilines is 1. The molecule has 0 saturated heterocycles. The van der Waals surface area contributed by atoms with Gasteiger partial charge in [0.2, 0.25) is 0 Å². The molecule has 2 aliphatic rings. The van der Waals surface area contributed by atoms with Gasteiger partial charge in [0.1, 0.15) is 5.82 Å². The van der Waals surface area contributed by atoms with Crippen molar-refractivity contribution >= 4 is 28.3 Å². The molecule has 5 rings (SSSR count). The van der Waals surface area contributed by atoms with Crippen LogP contribution >= 0.6 is 0 Å². The minimum atomic E-state index is -1.65. The Balaban J connectivity index is 1.34. The summed E-state index contributed by atoms with van der Waals surface area (Å²) in [4.78, 5) is 29.9. The van der Waals surface area contributed by atoms with Crippen molar-refractivity contribution in [2.75, 3.05) is 25.1 Å². The van der Waals surface area contributed by atoms with Gasteiger partial charge in [-0.2, -0.15) is 0 Å². The van der Waals surface area contributed by atoms with Crippen LogP contribution in [0.25, 0.3) is 0 Å². The van der Waals surface area contributed by atoms with Crippen LogP contribution in [0.4, 0.5) is 10.1 Å². The maximum Gasteiger partial charge on any atom is 0.273 e. The van der Waals surface area contributed by atoms with Crippen LogP contribution in [0, 0.1) is 5.82 Å². The molecule has 1 atom stereocenters. The highest BCUT2D eigenvalue weighted by molar-refractivity contribution is 7.85. The van der Waals surface area contributed by atoms with Gasteiger partial charge in [0.05, 0.1) is 31.8 Å². The summed E-state index contributed by atoms with van der Waals surface area (Å²) in [5, 5.41) is 4.26. The van der Waals surface area contributed by atoms with Crippen molar-refractivity contribution in [1.82, 2.24) is 15.6 Å². The molecule has 2 N–H and O–H groups in total. The average Bonchev–Trinajstić information content (AvgIpc) is 3.07. The van der Waals surface area contributed by atoms with Crippen LogP contribution in [0.15, 0.2) is 76.5 Å². The number of hydrogen-bond donors (Lipinski definition) is 2. The number of hydrogen-bond acceptors (Lipinski definition) is 5. The molecule has 9 heteroatoms. The fourth-order valence-electron chi connectivity index (χ4n) is 5.44. The number of amides is 2. The zero-order valence-electron chi connectivity index (χ0n) is 22.7. The molecule has 0 radical (unpaired) electrons. The van der Waals surface area contributed by atoms with Crippen LogP contribution < -0.4 is 15.8 Å². The average molecular weight is 563 g/mol. The maximum absolute atomic E-state index is 14.3. The van der Waals surface area contributed by atoms with E-state index in [1.807, 2.05) is 0 Å². The Bertz CT molecular complexity index is 1410. The zero-order chi connectivity index (χ0) is 28.1. The van der Waals surface area contributed by atoms with Gasteiger partial charge in [-0.05, 0) is 69.3 Å². The van der Waals surface area contributed by atoms with E-state index < -0.39 is 22.5 Å². The van der Waals surface area contributed by atoms with Gasteiger partial charge in [0.15, 0.2) is 0 Å². The van der Waals surface area contributed by atoms with Crippen molar-refractivity contribution in [3.05, 3.63) is 89.2 Å². The summed E-state index contributed by atoms with van der Waals surface area (Å²) >= 11 is 0. The lowest BCUT2D eigenvalue weighted by atomic mass is 9.94. The molecule has 1 fully saturated rings. The largest absolute Gasteiger partial charge is 0.352 e. The van der Waals surface area contributed by atoms with Gasteiger partial charge in [-0.15, -0.1) is 0 Å². The van der Waals surface area contributed by atoms with E-state index in [4.69, 9.17) is 0 Å². The standard InChI is InChI=1S/C31H35FN4O3S/c1-35(24-11-3-2-4-12-24)19-9-18-33-30(37)22-16-17-29-27(20-22)36(34-21-23-10-5-7-14-26(23)32)31(38)25-13-6-8-15-28(25)40(29)39/h5-8,10,13-17,20,24,34H,2-4,9,11-12,18-19,21H2,1H3,(H,33,37). The van der Waals surface area contributed by atoms with E-state index in [1.165, 1.54) is 43.2 Å². The van der Waals surface area contributed by atoms with Gasteiger partial charge in [-0.25, -0.2) is 19.0 Å². The third-order valence-corrected chi connectivity index (χ3v) is 9.24. The quantitative estimate of drug-likeness (QED) is 0.357. The van der Waals surface area contributed by atoms with E-state index in [1.54, 1.807) is 60.7 Å². The highest BCUT2D eigenvalue weighted by Gasteiger charge is 2.31. The monoisotopic (exact) mass is 562 g/mol. The van der Waals surface area contributed by atoms with Gasteiger partial charge in [0.25, 0.3) is 11.8 Å². The van der Waals surface area contributed by atoms with E-state index in [2.05, 4.69) is 22.7 Å². The van der Waals surface area contributed by atoms with Crippen molar-refractivity contribution in [2.24, 2.45) is 0 Å². The fraction of sp³-hybridized carbons (Fsp3) is 0.355. The minimum Gasteiger partial charge on any atom is -0.352 e.